The van der Waals surface area contributed by atoms with Crippen molar-refractivity contribution in [3.05, 3.63) is 35.4 Å². The third-order valence-corrected chi connectivity index (χ3v) is 1.97. The van der Waals surface area contributed by atoms with Gasteiger partial charge in [0, 0.05) is 6.92 Å². The average Bonchev–Trinajstić information content (AvgIpc) is 2.03. The molecule has 0 radical (unpaired) electrons. The normalized spacial score (nSPS) is 12.2. The topological polar surface area (TPSA) is 26.3 Å². The van der Waals surface area contributed by atoms with Crippen LogP contribution < -0.4 is 0 Å². The van der Waals surface area contributed by atoms with Gasteiger partial charge >= 0.3 is 5.97 Å². The molecular weight excluding hydrogens is 164 g/mol. The van der Waals surface area contributed by atoms with Gasteiger partial charge < -0.3 is 4.74 Å². The Bertz CT molecular complexity index is 305. The van der Waals surface area contributed by atoms with E-state index in [-0.39, 0.29) is 12.1 Å². The fraction of sp³-hybridized carbons (Fsp3) is 0.364. The first-order chi connectivity index (χ1) is 6.11. The van der Waals surface area contributed by atoms with Crippen molar-refractivity contribution in [2.24, 2.45) is 0 Å². The van der Waals surface area contributed by atoms with Gasteiger partial charge in [-0.3, -0.25) is 4.79 Å². The molecule has 0 aromatic heterocycles. The van der Waals surface area contributed by atoms with Crippen molar-refractivity contribution in [1.82, 2.24) is 0 Å². The Balaban J connectivity index is 2.82. The Morgan fingerprint density at radius 1 is 1.38 bits per heavy atom. The van der Waals surface area contributed by atoms with Gasteiger partial charge in [0.05, 0.1) is 0 Å². The highest BCUT2D eigenvalue weighted by Crippen LogP contribution is 2.19. The number of ether oxygens (including phenoxy) is 1. The van der Waals surface area contributed by atoms with Crippen LogP contribution in [0.1, 0.15) is 31.1 Å². The molecule has 0 unspecified atom stereocenters. The van der Waals surface area contributed by atoms with E-state index in [1.54, 1.807) is 0 Å². The molecule has 0 spiro atoms. The summed E-state index contributed by atoms with van der Waals surface area (Å²) in [6.45, 7) is 5.31. The highest BCUT2D eigenvalue weighted by Gasteiger charge is 2.09. The second-order valence-electron chi connectivity index (χ2n) is 3.11. The molecule has 0 heterocycles. The molecule has 2 nitrogen and oxygen atoms in total. The zero-order valence-electron chi connectivity index (χ0n) is 8.20. The molecule has 0 saturated heterocycles. The standard InChI is InChI=1S/C11H14O2/c1-8-6-4-5-7-11(8)9(2)13-10(3)12/h4-7,9H,1-3H3/t9-/m0/s1. The molecule has 1 aromatic carbocycles. The van der Waals surface area contributed by atoms with Crippen molar-refractivity contribution in [1.29, 1.82) is 0 Å². The third-order valence-electron chi connectivity index (χ3n) is 1.97. The SMILES string of the molecule is CC(=O)O[C@@H](C)c1ccccc1C. The fourth-order valence-corrected chi connectivity index (χ4v) is 1.36. The molecule has 13 heavy (non-hydrogen) atoms. The molecule has 0 aliphatic carbocycles. The van der Waals surface area contributed by atoms with Crippen molar-refractivity contribution in [3.63, 3.8) is 0 Å². The van der Waals surface area contributed by atoms with Crippen LogP contribution in [0.5, 0.6) is 0 Å². The molecule has 1 aromatic rings. The van der Waals surface area contributed by atoms with Crippen LogP contribution in [-0.4, -0.2) is 5.97 Å². The molecule has 0 bridgehead atoms. The highest BCUT2D eigenvalue weighted by atomic mass is 16.5. The minimum Gasteiger partial charge on any atom is -0.458 e. The predicted octanol–water partition coefficient (Wildman–Crippen LogP) is 2.62. The summed E-state index contributed by atoms with van der Waals surface area (Å²) in [6.07, 6.45) is -0.154. The van der Waals surface area contributed by atoms with Crippen LogP contribution in [0.3, 0.4) is 0 Å². The van der Waals surface area contributed by atoms with Crippen molar-refractivity contribution >= 4 is 5.97 Å². The van der Waals surface area contributed by atoms with Crippen molar-refractivity contribution in [2.45, 2.75) is 26.9 Å². The average molecular weight is 178 g/mol. The van der Waals surface area contributed by atoms with Crippen LogP contribution >= 0.6 is 0 Å². The Morgan fingerprint density at radius 2 is 2.00 bits per heavy atom. The monoisotopic (exact) mass is 178 g/mol. The van der Waals surface area contributed by atoms with Crippen LogP contribution in [0.4, 0.5) is 0 Å². The van der Waals surface area contributed by atoms with E-state index in [1.165, 1.54) is 6.92 Å². The second-order valence-corrected chi connectivity index (χ2v) is 3.11. The highest BCUT2D eigenvalue weighted by molar-refractivity contribution is 5.66. The van der Waals surface area contributed by atoms with Crippen molar-refractivity contribution in [3.8, 4) is 0 Å². The summed E-state index contributed by atoms with van der Waals surface area (Å²) in [7, 11) is 0. The molecule has 2 heteroatoms. The quantitative estimate of drug-likeness (QED) is 0.651. The van der Waals surface area contributed by atoms with E-state index in [4.69, 9.17) is 4.74 Å². The van der Waals surface area contributed by atoms with E-state index >= 15 is 0 Å². The summed E-state index contributed by atoms with van der Waals surface area (Å²) in [5, 5.41) is 0. The van der Waals surface area contributed by atoms with E-state index in [9.17, 15) is 4.79 Å². The summed E-state index contributed by atoms with van der Waals surface area (Å²) in [5.41, 5.74) is 2.22. The van der Waals surface area contributed by atoms with Gasteiger partial charge in [0.25, 0.3) is 0 Å². The molecule has 1 rings (SSSR count). The Labute approximate surface area is 78.5 Å². The molecule has 1 atom stereocenters. The smallest absolute Gasteiger partial charge is 0.303 e. The molecule has 0 fully saturated rings. The van der Waals surface area contributed by atoms with E-state index < -0.39 is 0 Å². The Morgan fingerprint density at radius 3 is 2.54 bits per heavy atom. The van der Waals surface area contributed by atoms with Gasteiger partial charge in [0.15, 0.2) is 0 Å². The van der Waals surface area contributed by atoms with Crippen LogP contribution in [-0.2, 0) is 9.53 Å². The number of aryl methyl sites for hydroxylation is 1. The van der Waals surface area contributed by atoms with E-state index in [0.29, 0.717) is 0 Å². The summed E-state index contributed by atoms with van der Waals surface area (Å²) >= 11 is 0. The van der Waals surface area contributed by atoms with Gasteiger partial charge in [-0.1, -0.05) is 24.3 Å². The lowest BCUT2D eigenvalue weighted by molar-refractivity contribution is -0.145. The largest absolute Gasteiger partial charge is 0.458 e. The molecular formula is C11H14O2. The molecule has 0 amide bonds. The number of hydrogen-bond acceptors (Lipinski definition) is 2. The number of benzene rings is 1. The fourth-order valence-electron chi connectivity index (χ4n) is 1.36. The number of hydrogen-bond donors (Lipinski definition) is 0. The van der Waals surface area contributed by atoms with E-state index in [2.05, 4.69) is 0 Å². The maximum Gasteiger partial charge on any atom is 0.303 e. The molecule has 0 aliphatic rings. The first-order valence-electron chi connectivity index (χ1n) is 4.34. The summed E-state index contributed by atoms with van der Waals surface area (Å²) in [4.78, 5) is 10.7. The lowest BCUT2D eigenvalue weighted by atomic mass is 10.0. The van der Waals surface area contributed by atoms with Gasteiger partial charge in [0.2, 0.25) is 0 Å². The third kappa shape index (κ3) is 2.58. The molecule has 0 aliphatic heterocycles. The number of carbonyl (C=O) groups excluding carboxylic acids is 1. The zero-order chi connectivity index (χ0) is 9.84. The van der Waals surface area contributed by atoms with E-state index in [0.717, 1.165) is 11.1 Å². The van der Waals surface area contributed by atoms with Crippen LogP contribution in [0.2, 0.25) is 0 Å². The number of carbonyl (C=O) groups is 1. The Hall–Kier alpha value is -1.31. The first-order valence-corrected chi connectivity index (χ1v) is 4.34. The van der Waals surface area contributed by atoms with Gasteiger partial charge in [-0.15, -0.1) is 0 Å². The number of esters is 1. The summed E-state index contributed by atoms with van der Waals surface area (Å²) < 4.78 is 5.08. The lowest BCUT2D eigenvalue weighted by Gasteiger charge is -2.14. The van der Waals surface area contributed by atoms with Gasteiger partial charge in [0.1, 0.15) is 6.10 Å². The zero-order valence-corrected chi connectivity index (χ0v) is 8.20. The van der Waals surface area contributed by atoms with E-state index in [1.807, 2.05) is 38.1 Å². The van der Waals surface area contributed by atoms with Crippen molar-refractivity contribution < 1.29 is 9.53 Å². The molecule has 70 valence electrons. The van der Waals surface area contributed by atoms with Crippen molar-refractivity contribution in [2.75, 3.05) is 0 Å². The van der Waals surface area contributed by atoms with Crippen LogP contribution in [0, 0.1) is 6.92 Å². The first kappa shape index (κ1) is 9.78. The molecule has 0 N–H and O–H groups in total. The van der Waals surface area contributed by atoms with Gasteiger partial charge in [-0.05, 0) is 25.0 Å². The lowest BCUT2D eigenvalue weighted by Crippen LogP contribution is -2.05. The summed E-state index contributed by atoms with van der Waals surface area (Å²) in [5.74, 6) is -0.240. The predicted molar refractivity (Wildman–Crippen MR) is 51.4 cm³/mol. The van der Waals surface area contributed by atoms with Gasteiger partial charge in [-0.25, -0.2) is 0 Å². The Kier molecular flexibility index (Phi) is 3.07. The van der Waals surface area contributed by atoms with Crippen LogP contribution in [0.25, 0.3) is 0 Å². The number of rotatable bonds is 2. The van der Waals surface area contributed by atoms with Crippen LogP contribution in [0.15, 0.2) is 24.3 Å². The maximum absolute atomic E-state index is 10.7. The van der Waals surface area contributed by atoms with Gasteiger partial charge in [-0.2, -0.15) is 0 Å². The second kappa shape index (κ2) is 4.08. The molecule has 0 saturated carbocycles. The minimum atomic E-state index is -0.240. The maximum atomic E-state index is 10.7. The summed E-state index contributed by atoms with van der Waals surface area (Å²) in [6, 6.07) is 7.90. The minimum absolute atomic E-state index is 0.154.